The summed E-state index contributed by atoms with van der Waals surface area (Å²) < 4.78 is 7.60. The number of rotatable bonds is 2. The topological polar surface area (TPSA) is 15.7 Å². The predicted molar refractivity (Wildman–Crippen MR) is 61.0 cm³/mol. The van der Waals surface area contributed by atoms with Gasteiger partial charge in [0, 0.05) is 42.0 Å². The maximum atomic E-state index is 5.21. The van der Waals surface area contributed by atoms with Gasteiger partial charge in [-0.1, -0.05) is 0 Å². The number of hydrogen-bond acceptors (Lipinski definition) is 3. The largest absolute Gasteiger partial charge is 0.378 e. The van der Waals surface area contributed by atoms with Crippen LogP contribution in [0.4, 0.5) is 0 Å². The molecule has 2 rings (SSSR count). The summed E-state index contributed by atoms with van der Waals surface area (Å²) in [5.74, 6) is 0. The minimum absolute atomic E-state index is 0.700. The molecule has 0 aromatic heterocycles. The molecule has 2 saturated heterocycles. The van der Waals surface area contributed by atoms with E-state index in [0.29, 0.717) is 6.04 Å². The van der Waals surface area contributed by atoms with Gasteiger partial charge in [0.15, 0.2) is 0 Å². The normalized spacial score (nSPS) is 27.9. The molecule has 0 saturated carbocycles. The summed E-state index contributed by atoms with van der Waals surface area (Å²) in [6, 6.07) is 1.49. The van der Waals surface area contributed by atoms with Crippen LogP contribution in [0, 0.1) is 0 Å². The number of likely N-dealkylation sites (N-methyl/N-ethyl adjacent to an activating group) is 1. The monoisotopic (exact) mass is 296 g/mol. The van der Waals surface area contributed by atoms with Crippen molar-refractivity contribution in [1.82, 2.24) is 8.01 Å². The van der Waals surface area contributed by atoms with E-state index in [1.165, 1.54) is 25.9 Å². The van der Waals surface area contributed by atoms with Gasteiger partial charge < -0.3 is 4.74 Å². The van der Waals surface area contributed by atoms with Crippen LogP contribution in [0.15, 0.2) is 0 Å². The second kappa shape index (κ2) is 4.42. The zero-order valence-corrected chi connectivity index (χ0v) is 10.2. The maximum Gasteiger partial charge on any atom is 0.0645 e. The quantitative estimate of drug-likeness (QED) is 0.561. The van der Waals surface area contributed by atoms with E-state index in [9.17, 15) is 0 Å². The number of hydrogen-bond donors (Lipinski definition) is 0. The van der Waals surface area contributed by atoms with Crippen molar-refractivity contribution in [2.45, 2.75) is 24.9 Å². The number of halogens is 1. The Bertz CT molecular complexity index is 167. The lowest BCUT2D eigenvalue weighted by Crippen LogP contribution is -2.53. The lowest BCUT2D eigenvalue weighted by Gasteiger charge is -2.42. The summed E-state index contributed by atoms with van der Waals surface area (Å²) >= 11 is 2.42. The smallest absolute Gasteiger partial charge is 0.0645 e. The average Bonchev–Trinajstić information content (AvgIpc) is 2.02. The van der Waals surface area contributed by atoms with E-state index < -0.39 is 0 Å². The molecule has 3 nitrogen and oxygen atoms in total. The molecule has 0 N–H and O–H groups in total. The third-order valence-electron chi connectivity index (χ3n) is 3.18. The molecule has 0 spiro atoms. The molecule has 0 atom stereocenters. The number of ether oxygens (including phenoxy) is 1. The molecule has 0 unspecified atom stereocenters. The molecule has 2 aliphatic rings. The highest BCUT2D eigenvalue weighted by molar-refractivity contribution is 14.1. The van der Waals surface area contributed by atoms with E-state index in [4.69, 9.17) is 4.74 Å². The van der Waals surface area contributed by atoms with Gasteiger partial charge >= 0.3 is 0 Å². The second-order valence-electron chi connectivity index (χ2n) is 4.00. The van der Waals surface area contributed by atoms with Crippen LogP contribution in [0.25, 0.3) is 0 Å². The van der Waals surface area contributed by atoms with Crippen molar-refractivity contribution in [3.63, 3.8) is 0 Å². The molecule has 0 aromatic rings. The average molecular weight is 296 g/mol. The van der Waals surface area contributed by atoms with E-state index in [2.05, 4.69) is 37.9 Å². The van der Waals surface area contributed by atoms with Crippen molar-refractivity contribution < 1.29 is 4.74 Å². The van der Waals surface area contributed by atoms with Crippen molar-refractivity contribution in [1.29, 1.82) is 0 Å². The molecule has 13 heavy (non-hydrogen) atoms. The first-order valence-electron chi connectivity index (χ1n) is 4.98. The van der Waals surface area contributed by atoms with Crippen LogP contribution in [-0.4, -0.2) is 53.4 Å². The Morgan fingerprint density at radius 1 is 1.23 bits per heavy atom. The van der Waals surface area contributed by atoms with Gasteiger partial charge in [-0.05, 0) is 19.9 Å². The fourth-order valence-electron chi connectivity index (χ4n) is 2.00. The van der Waals surface area contributed by atoms with Gasteiger partial charge in [0.1, 0.15) is 0 Å². The van der Waals surface area contributed by atoms with Crippen molar-refractivity contribution in [3.05, 3.63) is 0 Å². The van der Waals surface area contributed by atoms with Crippen molar-refractivity contribution in [2.75, 3.05) is 33.4 Å². The van der Waals surface area contributed by atoms with Crippen LogP contribution in [0.1, 0.15) is 12.8 Å². The molecular weight excluding hydrogens is 279 g/mol. The Labute approximate surface area is 93.9 Å². The number of piperidine rings is 1. The molecule has 2 aliphatic heterocycles. The van der Waals surface area contributed by atoms with Gasteiger partial charge in [0.2, 0.25) is 0 Å². The number of nitrogens with zero attached hydrogens (tertiary/aromatic N) is 2. The summed E-state index contributed by atoms with van der Waals surface area (Å²) in [7, 11) is 2.25. The summed E-state index contributed by atoms with van der Waals surface area (Å²) in [4.78, 5) is 2.52. The minimum Gasteiger partial charge on any atom is -0.378 e. The Balaban J connectivity index is 1.79. The first-order chi connectivity index (χ1) is 6.27. The first kappa shape index (κ1) is 10.1. The van der Waals surface area contributed by atoms with Crippen LogP contribution in [-0.2, 0) is 4.74 Å². The third-order valence-corrected chi connectivity index (χ3v) is 4.15. The molecule has 0 amide bonds. The minimum atomic E-state index is 0.700. The molecule has 0 bridgehead atoms. The van der Waals surface area contributed by atoms with E-state index >= 15 is 0 Å². The highest BCUT2D eigenvalue weighted by atomic mass is 127. The second-order valence-corrected chi connectivity index (χ2v) is 5.36. The highest BCUT2D eigenvalue weighted by Gasteiger charge is 2.30. The van der Waals surface area contributed by atoms with Gasteiger partial charge in [0.25, 0.3) is 0 Å². The zero-order chi connectivity index (χ0) is 9.26. The lowest BCUT2D eigenvalue weighted by atomic mass is 10.0. The van der Waals surface area contributed by atoms with Gasteiger partial charge in [-0.15, -0.1) is 0 Å². The van der Waals surface area contributed by atoms with Crippen LogP contribution >= 0.6 is 22.9 Å². The van der Waals surface area contributed by atoms with Crippen LogP contribution in [0.5, 0.6) is 0 Å². The molecule has 2 heterocycles. The SMILES string of the molecule is CN(C1CCN(I)CC1)C1COC1. The van der Waals surface area contributed by atoms with E-state index in [1.54, 1.807) is 0 Å². The molecule has 0 aliphatic carbocycles. The van der Waals surface area contributed by atoms with Gasteiger partial charge in [0.05, 0.1) is 19.3 Å². The van der Waals surface area contributed by atoms with Crippen molar-refractivity contribution in [3.8, 4) is 0 Å². The first-order valence-corrected chi connectivity index (χ1v) is 5.94. The van der Waals surface area contributed by atoms with E-state index in [-0.39, 0.29) is 0 Å². The van der Waals surface area contributed by atoms with E-state index in [0.717, 1.165) is 19.3 Å². The standard InChI is InChI=1S/C9H17IN2O/c1-11(9-6-13-7-9)8-2-4-12(10)5-3-8/h8-9H,2-7H2,1H3. The predicted octanol–water partition coefficient (Wildman–Crippen LogP) is 1.13. The Kier molecular flexibility index (Phi) is 3.45. The van der Waals surface area contributed by atoms with E-state index in [1.807, 2.05) is 0 Å². The van der Waals surface area contributed by atoms with Crippen molar-refractivity contribution in [2.24, 2.45) is 0 Å². The Morgan fingerprint density at radius 2 is 1.85 bits per heavy atom. The molecule has 2 fully saturated rings. The molecule has 0 radical (unpaired) electrons. The highest BCUT2D eigenvalue weighted by Crippen LogP contribution is 2.21. The maximum absolute atomic E-state index is 5.21. The summed E-state index contributed by atoms with van der Waals surface area (Å²) in [6.07, 6.45) is 2.63. The summed E-state index contributed by atoms with van der Waals surface area (Å²) in [5.41, 5.74) is 0. The summed E-state index contributed by atoms with van der Waals surface area (Å²) in [6.45, 7) is 4.37. The van der Waals surface area contributed by atoms with Gasteiger partial charge in [-0.2, -0.15) is 0 Å². The van der Waals surface area contributed by atoms with Crippen LogP contribution in [0.2, 0.25) is 0 Å². The fourth-order valence-corrected chi connectivity index (χ4v) is 2.56. The Hall–Kier alpha value is 0.610. The fraction of sp³-hybridized carbons (Fsp3) is 1.00. The molecule has 0 aromatic carbocycles. The van der Waals surface area contributed by atoms with Crippen molar-refractivity contribution >= 4 is 22.9 Å². The third kappa shape index (κ3) is 2.34. The van der Waals surface area contributed by atoms with Gasteiger partial charge in [-0.3, -0.25) is 4.90 Å². The van der Waals surface area contributed by atoms with Crippen LogP contribution < -0.4 is 0 Å². The summed E-state index contributed by atoms with van der Waals surface area (Å²) in [5, 5.41) is 0. The lowest BCUT2D eigenvalue weighted by molar-refractivity contribution is -0.0737. The zero-order valence-electron chi connectivity index (χ0n) is 8.08. The molecule has 4 heteroatoms. The van der Waals surface area contributed by atoms with Gasteiger partial charge in [-0.25, -0.2) is 3.11 Å². The molecule has 76 valence electrons. The molecular formula is C9H17IN2O. The Morgan fingerprint density at radius 3 is 2.31 bits per heavy atom. The van der Waals surface area contributed by atoms with Crippen LogP contribution in [0.3, 0.4) is 0 Å².